The summed E-state index contributed by atoms with van der Waals surface area (Å²) in [5.74, 6) is -0.0350. The molecule has 0 radical (unpaired) electrons. The Morgan fingerprint density at radius 2 is 1.31 bits per heavy atom. The number of fused-ring (bicyclic) bond motifs is 6. The summed E-state index contributed by atoms with van der Waals surface area (Å²) in [7, 11) is -8.77. The Morgan fingerprint density at radius 3 is 1.91 bits per heavy atom. The van der Waals surface area contributed by atoms with Crippen LogP contribution in [0.15, 0.2) is 156 Å². The molecule has 3 aliphatic heterocycles. The zero-order valence-electron chi connectivity index (χ0n) is 60.7. The van der Waals surface area contributed by atoms with E-state index in [2.05, 4.69) is 78.2 Å². The number of sulfonamides is 2. The Kier molecular flexibility index (Phi) is 22.2. The molecule has 4 unspecified atom stereocenters. The lowest BCUT2D eigenvalue weighted by atomic mass is 9.79. The molecule has 2 saturated carbocycles. The van der Waals surface area contributed by atoms with Gasteiger partial charge < -0.3 is 29.3 Å². The van der Waals surface area contributed by atoms with Crippen LogP contribution in [0.2, 0.25) is 5.15 Å². The van der Waals surface area contributed by atoms with Crippen LogP contribution in [0.5, 0.6) is 11.8 Å². The summed E-state index contributed by atoms with van der Waals surface area (Å²) in [4.78, 5) is 61.7. The van der Waals surface area contributed by atoms with E-state index in [1.54, 1.807) is 41.4 Å². The summed E-state index contributed by atoms with van der Waals surface area (Å²) in [6, 6.07) is 38.3. The number of likely N-dealkylation sites (tertiary alicyclic amines) is 1. The number of nitrogens with zero attached hydrogens (tertiary/aromatic N) is 10. The third kappa shape index (κ3) is 18.0. The molecule has 3 N–H and O–H groups in total. The predicted octanol–water partition coefficient (Wildman–Crippen LogP) is 14.8. The molecule has 2 saturated heterocycles. The molecule has 32 heteroatoms. The number of alkyl halides is 6. The molecule has 13 rings (SSSR count). The summed E-state index contributed by atoms with van der Waals surface area (Å²) in [6.07, 6.45) is -1.36. The summed E-state index contributed by atoms with van der Waals surface area (Å²) in [6.45, 7) is 15.0. The van der Waals surface area contributed by atoms with Gasteiger partial charge in [-0.2, -0.15) is 43.2 Å². The van der Waals surface area contributed by atoms with E-state index in [4.69, 9.17) is 30.8 Å². The van der Waals surface area contributed by atoms with Gasteiger partial charge in [0.05, 0.1) is 35.2 Å². The number of anilines is 2. The molecular weight excluding hydrogens is 1470 g/mol. The minimum absolute atomic E-state index is 0.0616. The topological polar surface area (TPSA) is 277 Å². The summed E-state index contributed by atoms with van der Waals surface area (Å²) < 4.78 is 157. The van der Waals surface area contributed by atoms with Gasteiger partial charge in [-0.1, -0.05) is 84.4 Å². The molecule has 0 spiro atoms. The molecule has 2 aliphatic carbocycles. The van der Waals surface area contributed by atoms with Crippen LogP contribution in [0.25, 0.3) is 11.6 Å². The maximum atomic E-state index is 13.8. The number of hydrogen-bond donors (Lipinski definition) is 3. The molecule has 3 amide bonds. The van der Waals surface area contributed by atoms with Crippen LogP contribution in [-0.4, -0.2) is 141 Å². The number of carbonyl (C=O) groups is 3. The highest BCUT2D eigenvalue weighted by atomic mass is 35.5. The molecule has 576 valence electrons. The van der Waals surface area contributed by atoms with Crippen molar-refractivity contribution in [3.8, 4) is 23.4 Å². The van der Waals surface area contributed by atoms with E-state index in [0.717, 1.165) is 31.2 Å². The fourth-order valence-electron chi connectivity index (χ4n) is 14.7. The van der Waals surface area contributed by atoms with E-state index in [-0.39, 0.29) is 126 Å². The molecule has 8 aromatic rings. The van der Waals surface area contributed by atoms with E-state index in [1.165, 1.54) is 63.6 Å². The van der Waals surface area contributed by atoms with Crippen LogP contribution in [-0.2, 0) is 31.2 Å². The molecule has 6 aromatic heterocycles. The first kappa shape index (κ1) is 78.2. The Hall–Kier alpha value is -9.36. The molecular formula is C76H86ClF6N13O10S2. The van der Waals surface area contributed by atoms with Crippen LogP contribution >= 0.6 is 11.6 Å². The van der Waals surface area contributed by atoms with E-state index in [0.29, 0.717) is 49.8 Å². The van der Waals surface area contributed by atoms with Gasteiger partial charge in [-0.25, -0.2) is 43.5 Å². The fourth-order valence-corrected chi connectivity index (χ4v) is 16.8. The Labute approximate surface area is 628 Å². The smallest absolute Gasteiger partial charge is 0.410 e. The van der Waals surface area contributed by atoms with Crippen molar-refractivity contribution >= 4 is 61.2 Å². The summed E-state index contributed by atoms with van der Waals surface area (Å²) >= 11 is 6.31. The number of carbonyl (C=O) groups excluding carboxylic acids is 3. The standard InChI is InChI=1S/C40H47ClF3N7O6S.C36H39F3N6O4S/c1-37(2,3)57-36(53)50-25-27(24-38(50,4)5)28(26-10-7-6-8-11-26)16-21-45-30-12-9-13-33(46-30)58(54,55)49-35(52)29-14-15-31(47-34(29)41)51-22-17-32(48-51)56-23-20-39(18-19-39)40(42,43)44;1-34(2)22-25-23-44(34)32-28(14-15-29(41-32)45-20-16-30(42-45)49-21-19-35(17-18-35)36(37,38)39)33(46)43-50(47,48)31-13-7-11-26(40-31)10-6-12-27(25)24-8-4-3-5-9-24/h6-15,17,22,27-28H,16,18-21,23-25H2,1-5H3,(H,45,46)(H,49,52);3-5,7-9,11,13-16,20,25,27H,6,10,12,17-19,21-23H2,1-2H3,(H,43,46). The highest BCUT2D eigenvalue weighted by Gasteiger charge is 2.63. The molecule has 4 atom stereocenters. The van der Waals surface area contributed by atoms with Gasteiger partial charge in [0.15, 0.2) is 21.7 Å². The van der Waals surface area contributed by atoms with Crippen LogP contribution in [0, 0.1) is 22.7 Å². The van der Waals surface area contributed by atoms with Gasteiger partial charge >= 0.3 is 18.4 Å². The molecule has 23 nitrogen and oxygen atoms in total. The van der Waals surface area contributed by atoms with Gasteiger partial charge in [0, 0.05) is 60.9 Å². The van der Waals surface area contributed by atoms with Gasteiger partial charge in [0.2, 0.25) is 11.8 Å². The lowest BCUT2D eigenvalue weighted by molar-refractivity contribution is -0.190. The lowest BCUT2D eigenvalue weighted by Crippen LogP contribution is -2.45. The highest BCUT2D eigenvalue weighted by Crippen LogP contribution is 2.61. The van der Waals surface area contributed by atoms with E-state index >= 15 is 0 Å². The lowest BCUT2D eigenvalue weighted by Gasteiger charge is -2.34. The van der Waals surface area contributed by atoms with Crippen LogP contribution in [0.4, 0.5) is 42.8 Å². The third-order valence-electron chi connectivity index (χ3n) is 20.9. The normalized spacial score (nSPS) is 20.1. The number of rotatable bonds is 20. The largest absolute Gasteiger partial charge is 0.477 e. The monoisotopic (exact) mass is 1550 g/mol. The molecule has 2 aromatic carbocycles. The number of amides is 3. The number of aromatic nitrogens is 8. The SMILES string of the molecule is CC(C)(C)OC(=O)N1CC(C(CCNc2cccc(S(=O)(=O)NC(=O)c3ccc(-n4ccc(OCCC5(C(F)(F)F)CC5)n4)nc3Cl)n2)c2ccccc2)CC1(C)C.CC1(C)CC2CN1c1nc(-n3ccc(OCCC4(C(F)(F)F)CC4)n3)ccc1C(=O)NS(=O)(=O)c1cccc(n1)CCCC2c1ccccc1. The number of benzene rings is 2. The van der Waals surface area contributed by atoms with Crippen molar-refractivity contribution in [2.24, 2.45) is 22.7 Å². The maximum absolute atomic E-state index is 13.8. The molecule has 9 heterocycles. The van der Waals surface area contributed by atoms with Crippen molar-refractivity contribution in [3.05, 3.63) is 179 Å². The Bertz CT molecular complexity index is 4820. The first-order valence-corrected chi connectivity index (χ1v) is 39.1. The second kappa shape index (κ2) is 30.6. The predicted molar refractivity (Wildman–Crippen MR) is 390 cm³/mol. The number of pyridine rings is 4. The quantitative estimate of drug-likeness (QED) is 0.0472. The highest BCUT2D eigenvalue weighted by molar-refractivity contribution is 7.90. The van der Waals surface area contributed by atoms with Gasteiger partial charge in [-0.15, -0.1) is 10.2 Å². The van der Waals surface area contributed by atoms with Crippen molar-refractivity contribution in [1.29, 1.82) is 0 Å². The number of nitrogens with one attached hydrogen (secondary N) is 3. The summed E-state index contributed by atoms with van der Waals surface area (Å²) in [5.41, 5.74) is -2.06. The van der Waals surface area contributed by atoms with E-state index in [9.17, 15) is 57.6 Å². The third-order valence-corrected chi connectivity index (χ3v) is 23.6. The van der Waals surface area contributed by atoms with Crippen LogP contribution in [0.1, 0.15) is 168 Å². The second-order valence-electron chi connectivity index (χ2n) is 30.6. The Balaban J connectivity index is 0.000000204. The van der Waals surface area contributed by atoms with Crippen molar-refractivity contribution in [2.75, 3.05) is 43.1 Å². The fraction of sp³-hybridized carbons (Fsp3) is 0.461. The first-order valence-electron chi connectivity index (χ1n) is 35.8. The van der Waals surface area contributed by atoms with Gasteiger partial charge in [0.25, 0.3) is 31.9 Å². The van der Waals surface area contributed by atoms with Gasteiger partial charge in [0.1, 0.15) is 22.4 Å². The van der Waals surface area contributed by atoms with Crippen molar-refractivity contribution in [1.82, 2.24) is 53.8 Å². The van der Waals surface area contributed by atoms with E-state index < -0.39 is 76.7 Å². The van der Waals surface area contributed by atoms with Crippen LogP contribution < -0.4 is 29.1 Å². The molecule has 5 aliphatic rings. The van der Waals surface area contributed by atoms with Crippen molar-refractivity contribution < 1.29 is 71.8 Å². The van der Waals surface area contributed by atoms with Crippen LogP contribution in [0.3, 0.4) is 0 Å². The zero-order chi connectivity index (χ0) is 77.4. The average molecular weight is 1560 g/mol. The minimum Gasteiger partial charge on any atom is -0.477 e. The number of aryl methyl sites for hydroxylation is 1. The zero-order valence-corrected chi connectivity index (χ0v) is 63.1. The average Bonchev–Trinajstić information content (AvgIpc) is 1.60. The van der Waals surface area contributed by atoms with Gasteiger partial charge in [-0.3, -0.25) is 9.59 Å². The van der Waals surface area contributed by atoms with Gasteiger partial charge in [-0.05, 0) is 209 Å². The first-order chi connectivity index (χ1) is 50.9. The second-order valence-corrected chi connectivity index (χ2v) is 34.2. The maximum Gasteiger partial charge on any atom is 0.410 e. The number of hydrogen-bond acceptors (Lipinski definition) is 18. The van der Waals surface area contributed by atoms with Crippen molar-refractivity contribution in [2.45, 2.75) is 176 Å². The van der Waals surface area contributed by atoms with Crippen molar-refractivity contribution in [3.63, 3.8) is 0 Å². The molecule has 108 heavy (non-hydrogen) atoms. The number of ether oxygens (including phenoxy) is 3. The summed E-state index contributed by atoms with van der Waals surface area (Å²) in [5, 5.41) is 10.8. The molecule has 4 bridgehead atoms. The Morgan fingerprint density at radius 1 is 0.704 bits per heavy atom. The minimum atomic E-state index is -4.46. The van der Waals surface area contributed by atoms with E-state index in [1.807, 2.05) is 75.7 Å². The molecule has 4 fully saturated rings. The number of halogens is 7.